The van der Waals surface area contributed by atoms with E-state index in [9.17, 15) is 18.0 Å². The average Bonchev–Trinajstić information content (AvgIpc) is 2.90. The third-order valence-corrected chi connectivity index (χ3v) is 7.53. The Hall–Kier alpha value is -2.58. The summed E-state index contributed by atoms with van der Waals surface area (Å²) in [6.07, 6.45) is -1.48. The second kappa shape index (κ2) is 12.1. The molecule has 0 aromatic heterocycles. The highest BCUT2D eigenvalue weighted by Gasteiger charge is 2.32. The van der Waals surface area contributed by atoms with Gasteiger partial charge in [0, 0.05) is 50.0 Å². The Morgan fingerprint density at radius 3 is 2.25 bits per heavy atom. The number of benzene rings is 2. The lowest BCUT2D eigenvalue weighted by molar-refractivity contribution is -0.137. The molecule has 8 heteroatoms. The van der Waals surface area contributed by atoms with Gasteiger partial charge in [0.2, 0.25) is 0 Å². The maximum Gasteiger partial charge on any atom is 0.416 e. The number of morpholine rings is 1. The Labute approximate surface area is 211 Å². The highest BCUT2D eigenvalue weighted by Crippen LogP contribution is 2.31. The molecule has 2 fully saturated rings. The summed E-state index contributed by atoms with van der Waals surface area (Å²) in [5.74, 6) is 0.812. The number of nitrogens with zero attached hydrogens (tertiary/aromatic N) is 2. The van der Waals surface area contributed by atoms with Crippen LogP contribution >= 0.6 is 0 Å². The molecule has 0 spiro atoms. The van der Waals surface area contributed by atoms with Crippen molar-refractivity contribution < 1.29 is 22.7 Å². The van der Waals surface area contributed by atoms with Crippen LogP contribution in [0.2, 0.25) is 0 Å². The molecule has 1 amide bonds. The van der Waals surface area contributed by atoms with Crippen LogP contribution in [0.5, 0.6) is 0 Å². The van der Waals surface area contributed by atoms with E-state index >= 15 is 0 Å². The lowest BCUT2D eigenvalue weighted by Gasteiger charge is -2.40. The van der Waals surface area contributed by atoms with Crippen LogP contribution in [-0.2, 0) is 10.9 Å². The first-order valence-electron chi connectivity index (χ1n) is 12.9. The molecule has 36 heavy (non-hydrogen) atoms. The Morgan fingerprint density at radius 1 is 1.00 bits per heavy atom. The minimum atomic E-state index is -4.40. The zero-order valence-corrected chi connectivity index (χ0v) is 20.8. The molecule has 2 heterocycles. The van der Waals surface area contributed by atoms with Gasteiger partial charge in [0.05, 0.1) is 18.8 Å². The number of ether oxygens (including phenoxy) is 1. The number of amides is 1. The summed E-state index contributed by atoms with van der Waals surface area (Å²) in [6, 6.07) is 15.2. The predicted molar refractivity (Wildman–Crippen MR) is 135 cm³/mol. The summed E-state index contributed by atoms with van der Waals surface area (Å²) in [5, 5.41) is 3.61. The molecular weight excluding hydrogens is 467 g/mol. The largest absolute Gasteiger partial charge is 0.416 e. The molecule has 2 aliphatic heterocycles. The monoisotopic (exact) mass is 503 g/mol. The lowest BCUT2D eigenvalue weighted by atomic mass is 9.84. The summed E-state index contributed by atoms with van der Waals surface area (Å²) < 4.78 is 44.1. The summed E-state index contributed by atoms with van der Waals surface area (Å²) in [6.45, 7) is 7.88. The molecule has 2 saturated heterocycles. The molecular formula is C28H36F3N3O2. The third kappa shape index (κ3) is 7.01. The molecule has 2 aromatic carbocycles. The van der Waals surface area contributed by atoms with Crippen molar-refractivity contribution in [2.45, 2.75) is 38.4 Å². The Morgan fingerprint density at radius 2 is 1.64 bits per heavy atom. The van der Waals surface area contributed by atoms with Gasteiger partial charge in [0.15, 0.2) is 0 Å². The zero-order chi connectivity index (χ0) is 25.5. The summed E-state index contributed by atoms with van der Waals surface area (Å²) in [4.78, 5) is 17.2. The highest BCUT2D eigenvalue weighted by atomic mass is 19.4. The standard InChI is InChI=1S/C28H36F3N3O2/c1-21(26(33-15-17-36-18-16-33)20-32-25-5-3-2-4-6-25)19-22-11-13-34(14-12-22)27(35)23-7-9-24(10-8-23)28(29,30)31/h2-10,21-22,26,32H,11-20H2,1H3. The highest BCUT2D eigenvalue weighted by molar-refractivity contribution is 5.94. The molecule has 2 unspecified atom stereocenters. The molecule has 0 radical (unpaired) electrons. The van der Waals surface area contributed by atoms with Gasteiger partial charge in [-0.2, -0.15) is 13.2 Å². The maximum atomic E-state index is 12.8. The number of piperidine rings is 1. The smallest absolute Gasteiger partial charge is 0.383 e. The molecule has 4 rings (SSSR count). The normalized spacial score (nSPS) is 19.6. The fourth-order valence-corrected chi connectivity index (χ4v) is 5.42. The van der Waals surface area contributed by atoms with Gasteiger partial charge < -0.3 is 15.0 Å². The summed E-state index contributed by atoms with van der Waals surface area (Å²) in [5.41, 5.74) is 0.704. The lowest BCUT2D eigenvalue weighted by Crippen LogP contribution is -2.50. The average molecular weight is 504 g/mol. The van der Waals surface area contributed by atoms with Gasteiger partial charge in [0.25, 0.3) is 5.91 Å². The van der Waals surface area contributed by atoms with Crippen LogP contribution in [0.25, 0.3) is 0 Å². The number of nitrogens with one attached hydrogen (secondary N) is 1. The van der Waals surface area contributed by atoms with E-state index in [4.69, 9.17) is 4.74 Å². The molecule has 196 valence electrons. The number of carbonyl (C=O) groups is 1. The van der Waals surface area contributed by atoms with Gasteiger partial charge in [-0.3, -0.25) is 9.69 Å². The molecule has 0 bridgehead atoms. The fraction of sp³-hybridized carbons (Fsp3) is 0.536. The number of halogens is 3. The molecule has 2 aromatic rings. The topological polar surface area (TPSA) is 44.8 Å². The van der Waals surface area contributed by atoms with Gasteiger partial charge >= 0.3 is 6.18 Å². The van der Waals surface area contributed by atoms with Crippen molar-refractivity contribution in [3.05, 3.63) is 65.7 Å². The molecule has 5 nitrogen and oxygen atoms in total. The van der Waals surface area contributed by atoms with Gasteiger partial charge in [0.1, 0.15) is 0 Å². The molecule has 2 aliphatic rings. The first-order valence-corrected chi connectivity index (χ1v) is 12.9. The molecule has 0 aliphatic carbocycles. The van der Waals surface area contributed by atoms with Crippen LogP contribution in [0.3, 0.4) is 0 Å². The number of alkyl halides is 3. The van der Waals surface area contributed by atoms with Crippen molar-refractivity contribution in [3.8, 4) is 0 Å². The number of anilines is 1. The van der Waals surface area contributed by atoms with Crippen LogP contribution in [0, 0.1) is 11.8 Å². The zero-order valence-electron chi connectivity index (χ0n) is 20.8. The van der Waals surface area contributed by atoms with Crippen molar-refractivity contribution in [2.75, 3.05) is 51.3 Å². The van der Waals surface area contributed by atoms with Gasteiger partial charge in [-0.1, -0.05) is 25.1 Å². The Balaban J connectivity index is 1.30. The molecule has 1 N–H and O–H groups in total. The van der Waals surface area contributed by atoms with Crippen LogP contribution in [0.4, 0.5) is 18.9 Å². The van der Waals surface area contributed by atoms with Crippen molar-refractivity contribution in [3.63, 3.8) is 0 Å². The number of likely N-dealkylation sites (tertiary alicyclic amines) is 1. The predicted octanol–water partition coefficient (Wildman–Crippen LogP) is 5.40. The van der Waals surface area contributed by atoms with E-state index in [1.54, 1.807) is 4.90 Å². The minimum Gasteiger partial charge on any atom is -0.383 e. The van der Waals surface area contributed by atoms with Crippen molar-refractivity contribution in [2.24, 2.45) is 11.8 Å². The number of rotatable bonds is 8. The van der Waals surface area contributed by atoms with Crippen LogP contribution in [-0.4, -0.2) is 67.7 Å². The first-order chi connectivity index (χ1) is 17.3. The van der Waals surface area contributed by atoms with Crippen molar-refractivity contribution in [1.29, 1.82) is 0 Å². The first kappa shape index (κ1) is 26.5. The second-order valence-corrected chi connectivity index (χ2v) is 9.99. The Kier molecular flexibility index (Phi) is 8.90. The van der Waals surface area contributed by atoms with E-state index in [1.165, 1.54) is 12.1 Å². The SMILES string of the molecule is CC(CC1CCN(C(=O)c2ccc(C(F)(F)F)cc2)CC1)C(CNc1ccccc1)N1CCOCC1. The van der Waals surface area contributed by atoms with E-state index in [-0.39, 0.29) is 5.91 Å². The fourth-order valence-electron chi connectivity index (χ4n) is 5.42. The summed E-state index contributed by atoms with van der Waals surface area (Å²) in [7, 11) is 0. The van der Waals surface area contributed by atoms with Gasteiger partial charge in [-0.05, 0) is 67.5 Å². The minimum absolute atomic E-state index is 0.187. The van der Waals surface area contributed by atoms with E-state index in [2.05, 4.69) is 29.3 Å². The van der Waals surface area contributed by atoms with E-state index in [0.717, 1.165) is 69.9 Å². The maximum absolute atomic E-state index is 12.8. The van der Waals surface area contributed by atoms with E-state index in [0.29, 0.717) is 36.5 Å². The summed E-state index contributed by atoms with van der Waals surface area (Å²) >= 11 is 0. The van der Waals surface area contributed by atoms with Gasteiger partial charge in [-0.25, -0.2) is 0 Å². The third-order valence-electron chi connectivity index (χ3n) is 7.53. The molecule has 2 atom stereocenters. The van der Waals surface area contributed by atoms with E-state index < -0.39 is 11.7 Å². The number of para-hydroxylation sites is 1. The van der Waals surface area contributed by atoms with Crippen molar-refractivity contribution >= 4 is 11.6 Å². The van der Waals surface area contributed by atoms with Crippen LogP contribution in [0.1, 0.15) is 42.1 Å². The number of hydrogen-bond acceptors (Lipinski definition) is 4. The van der Waals surface area contributed by atoms with E-state index in [1.807, 2.05) is 18.2 Å². The van der Waals surface area contributed by atoms with Crippen molar-refractivity contribution in [1.82, 2.24) is 9.80 Å². The Bertz CT molecular complexity index is 954. The number of carbonyl (C=O) groups excluding carboxylic acids is 1. The van der Waals surface area contributed by atoms with Gasteiger partial charge in [-0.15, -0.1) is 0 Å². The van der Waals surface area contributed by atoms with Crippen LogP contribution < -0.4 is 5.32 Å². The van der Waals surface area contributed by atoms with Crippen LogP contribution in [0.15, 0.2) is 54.6 Å². The quantitative estimate of drug-likeness (QED) is 0.524. The second-order valence-electron chi connectivity index (χ2n) is 9.99. The molecule has 0 saturated carbocycles. The number of hydrogen-bond donors (Lipinski definition) is 1.